The third-order valence-electron chi connectivity index (χ3n) is 6.32. The van der Waals surface area contributed by atoms with Crippen molar-refractivity contribution in [2.45, 2.75) is 33.2 Å². The quantitative estimate of drug-likeness (QED) is 0.767. The third kappa shape index (κ3) is 4.70. The number of carbonyl (C=O) groups excluding carboxylic acids is 2. The number of allylic oxidation sites excluding steroid dienone is 1. The largest absolute Gasteiger partial charge is 0.342 e. The molecule has 1 saturated heterocycles. The number of piperazine rings is 1. The second-order valence-electron chi connectivity index (χ2n) is 8.51. The Morgan fingerprint density at radius 2 is 1.94 bits per heavy atom. The van der Waals surface area contributed by atoms with Crippen LogP contribution in [-0.4, -0.2) is 64.1 Å². The summed E-state index contributed by atoms with van der Waals surface area (Å²) in [4.78, 5) is 29.6. The van der Waals surface area contributed by atoms with Gasteiger partial charge in [0.1, 0.15) is 5.82 Å². The van der Waals surface area contributed by atoms with Crippen molar-refractivity contribution in [2.75, 3.05) is 38.0 Å². The van der Waals surface area contributed by atoms with Crippen LogP contribution in [0.4, 0.5) is 5.82 Å². The summed E-state index contributed by atoms with van der Waals surface area (Å²) in [5, 5.41) is 11.0. The normalized spacial score (nSPS) is 17.7. The highest BCUT2D eigenvalue weighted by atomic mass is 16.2. The maximum absolute atomic E-state index is 13.3. The van der Waals surface area contributed by atoms with Gasteiger partial charge in [-0.25, -0.2) is 0 Å². The lowest BCUT2D eigenvalue weighted by molar-refractivity contribution is -0.131. The van der Waals surface area contributed by atoms with Crippen LogP contribution in [0.2, 0.25) is 0 Å². The Balaban J connectivity index is 1.45. The highest BCUT2D eigenvalue weighted by Gasteiger charge is 2.24. The molecule has 1 aromatic carbocycles. The van der Waals surface area contributed by atoms with Crippen LogP contribution in [-0.2, 0) is 24.8 Å². The van der Waals surface area contributed by atoms with Crippen LogP contribution in [0.3, 0.4) is 0 Å². The second kappa shape index (κ2) is 9.56. The Hall–Kier alpha value is -3.13. The van der Waals surface area contributed by atoms with Crippen molar-refractivity contribution in [3.63, 3.8) is 0 Å². The molecule has 0 radical (unpaired) electrons. The lowest BCUT2D eigenvalue weighted by atomic mass is 10.00. The molecule has 8 nitrogen and oxygen atoms in total. The minimum atomic E-state index is -0.00519. The van der Waals surface area contributed by atoms with Gasteiger partial charge in [-0.15, -0.1) is 0 Å². The number of carbonyl (C=O) groups is 2. The molecule has 0 saturated carbocycles. The van der Waals surface area contributed by atoms with E-state index in [-0.39, 0.29) is 11.8 Å². The minimum absolute atomic E-state index is 0.00519. The first-order chi connectivity index (χ1) is 15.5. The molecule has 0 unspecified atom stereocenters. The molecule has 2 amide bonds. The predicted molar refractivity (Wildman–Crippen MR) is 124 cm³/mol. The number of nitrogens with zero attached hydrogens (tertiary/aromatic N) is 4. The molecule has 1 fully saturated rings. The molecule has 0 spiro atoms. The highest BCUT2D eigenvalue weighted by molar-refractivity contribution is 5.95. The molecule has 32 heavy (non-hydrogen) atoms. The van der Waals surface area contributed by atoms with E-state index in [0.29, 0.717) is 31.5 Å². The van der Waals surface area contributed by atoms with E-state index in [9.17, 15) is 9.59 Å². The van der Waals surface area contributed by atoms with Gasteiger partial charge in [0, 0.05) is 56.5 Å². The molecular weight excluding hydrogens is 404 g/mol. The van der Waals surface area contributed by atoms with E-state index in [2.05, 4.69) is 15.7 Å². The first kappa shape index (κ1) is 22.1. The van der Waals surface area contributed by atoms with Gasteiger partial charge in [-0.2, -0.15) is 5.10 Å². The minimum Gasteiger partial charge on any atom is -0.342 e. The summed E-state index contributed by atoms with van der Waals surface area (Å²) in [6.45, 7) is 8.29. The number of aryl methyl sites for hydroxylation is 3. The maximum atomic E-state index is 13.3. The molecule has 2 N–H and O–H groups in total. The van der Waals surface area contributed by atoms with Crippen LogP contribution < -0.4 is 10.6 Å². The highest BCUT2D eigenvalue weighted by Crippen LogP contribution is 2.25. The Morgan fingerprint density at radius 3 is 2.66 bits per heavy atom. The first-order valence-electron chi connectivity index (χ1n) is 11.3. The molecule has 2 aliphatic heterocycles. The zero-order chi connectivity index (χ0) is 22.7. The number of nitrogens with one attached hydrogen (secondary N) is 2. The van der Waals surface area contributed by atoms with Crippen molar-refractivity contribution in [3.8, 4) is 0 Å². The van der Waals surface area contributed by atoms with Gasteiger partial charge in [-0.1, -0.05) is 12.1 Å². The Labute approximate surface area is 189 Å². The number of amides is 2. The lowest BCUT2D eigenvalue weighted by Gasteiger charge is -2.27. The maximum Gasteiger partial charge on any atom is 0.254 e. The van der Waals surface area contributed by atoms with Gasteiger partial charge in [0.25, 0.3) is 5.91 Å². The average Bonchev–Trinajstić information content (AvgIpc) is 3.04. The van der Waals surface area contributed by atoms with Gasteiger partial charge in [0.2, 0.25) is 5.91 Å². The van der Waals surface area contributed by atoms with E-state index in [1.807, 2.05) is 61.2 Å². The molecule has 1 aromatic heterocycles. The van der Waals surface area contributed by atoms with Crippen molar-refractivity contribution in [2.24, 2.45) is 7.05 Å². The molecule has 2 aromatic rings. The van der Waals surface area contributed by atoms with Crippen LogP contribution in [0.15, 0.2) is 36.2 Å². The molecule has 4 rings (SSSR count). The number of fused-ring (bicyclic) bond motifs is 1. The van der Waals surface area contributed by atoms with E-state index in [0.717, 1.165) is 54.4 Å². The monoisotopic (exact) mass is 436 g/mol. The van der Waals surface area contributed by atoms with Crippen molar-refractivity contribution >= 4 is 17.6 Å². The number of hydrogen-bond acceptors (Lipinski definition) is 5. The summed E-state index contributed by atoms with van der Waals surface area (Å²) in [5.74, 6) is 1.12. The lowest BCUT2D eigenvalue weighted by Crippen LogP contribution is -2.46. The summed E-state index contributed by atoms with van der Waals surface area (Å²) >= 11 is 0. The van der Waals surface area contributed by atoms with Gasteiger partial charge in [-0.3, -0.25) is 14.3 Å². The molecule has 0 aliphatic carbocycles. The van der Waals surface area contributed by atoms with Crippen molar-refractivity contribution in [1.29, 1.82) is 0 Å². The standard InChI is InChI=1S/C24H32N6O2/c1-4-21-16-30(15-20-14-26-28(3)23(20)27-21)24(32)19-6-5-18(17(2)13-19)7-8-22(31)29-11-9-25-10-12-29/h4-6,13-14,25,27H,7-12,15-16H2,1-3H3/b21-4+. The van der Waals surface area contributed by atoms with Gasteiger partial charge in [-0.05, 0) is 43.5 Å². The molecule has 0 atom stereocenters. The van der Waals surface area contributed by atoms with Crippen LogP contribution in [0, 0.1) is 6.92 Å². The van der Waals surface area contributed by atoms with Crippen molar-refractivity contribution in [1.82, 2.24) is 24.9 Å². The van der Waals surface area contributed by atoms with E-state index in [4.69, 9.17) is 0 Å². The Bertz CT molecular complexity index is 1040. The topological polar surface area (TPSA) is 82.5 Å². The van der Waals surface area contributed by atoms with Gasteiger partial charge in [0.15, 0.2) is 0 Å². The second-order valence-corrected chi connectivity index (χ2v) is 8.51. The molecule has 0 bridgehead atoms. The molecule has 8 heteroatoms. The van der Waals surface area contributed by atoms with Gasteiger partial charge >= 0.3 is 0 Å². The van der Waals surface area contributed by atoms with Crippen LogP contribution >= 0.6 is 0 Å². The Morgan fingerprint density at radius 1 is 1.16 bits per heavy atom. The first-order valence-corrected chi connectivity index (χ1v) is 11.3. The number of aromatic nitrogens is 2. The average molecular weight is 437 g/mol. The van der Waals surface area contributed by atoms with Gasteiger partial charge in [0.05, 0.1) is 19.3 Å². The predicted octanol–water partition coefficient (Wildman–Crippen LogP) is 2.06. The van der Waals surface area contributed by atoms with Crippen molar-refractivity contribution in [3.05, 3.63) is 58.4 Å². The van der Waals surface area contributed by atoms with Crippen molar-refractivity contribution < 1.29 is 9.59 Å². The Kier molecular flexibility index (Phi) is 6.60. The number of hydrogen-bond donors (Lipinski definition) is 2. The summed E-state index contributed by atoms with van der Waals surface area (Å²) < 4.78 is 1.80. The number of rotatable bonds is 4. The van der Waals surface area contributed by atoms with Crippen LogP contribution in [0.1, 0.15) is 40.4 Å². The zero-order valence-corrected chi connectivity index (χ0v) is 19.1. The summed E-state index contributed by atoms with van der Waals surface area (Å²) in [6, 6.07) is 5.83. The smallest absolute Gasteiger partial charge is 0.254 e. The van der Waals surface area contributed by atoms with E-state index in [1.165, 1.54) is 0 Å². The number of benzene rings is 1. The molecular formula is C24H32N6O2. The summed E-state index contributed by atoms with van der Waals surface area (Å²) in [5.41, 5.74) is 4.80. The van der Waals surface area contributed by atoms with E-state index in [1.54, 1.807) is 4.68 Å². The SMILES string of the molecule is C/C=C1\CN(C(=O)c2ccc(CCC(=O)N3CCNCC3)c(C)c2)Cc2cnn(C)c2N1. The van der Waals surface area contributed by atoms with E-state index < -0.39 is 0 Å². The molecule has 3 heterocycles. The number of anilines is 1. The van der Waals surface area contributed by atoms with E-state index >= 15 is 0 Å². The fourth-order valence-corrected chi connectivity index (χ4v) is 4.33. The van der Waals surface area contributed by atoms with Gasteiger partial charge < -0.3 is 20.4 Å². The molecule has 170 valence electrons. The van der Waals surface area contributed by atoms with Crippen LogP contribution in [0.5, 0.6) is 0 Å². The molecule has 2 aliphatic rings. The fourth-order valence-electron chi connectivity index (χ4n) is 4.33. The van der Waals surface area contributed by atoms with Crippen LogP contribution in [0.25, 0.3) is 0 Å². The third-order valence-corrected chi connectivity index (χ3v) is 6.32. The summed E-state index contributed by atoms with van der Waals surface area (Å²) in [6.07, 6.45) is 5.00. The summed E-state index contributed by atoms with van der Waals surface area (Å²) in [7, 11) is 1.89. The zero-order valence-electron chi connectivity index (χ0n) is 19.1. The fraction of sp³-hybridized carbons (Fsp3) is 0.458.